The second-order valence-electron chi connectivity index (χ2n) is 5.63. The van der Waals surface area contributed by atoms with E-state index in [1.807, 2.05) is 30.3 Å². The van der Waals surface area contributed by atoms with Gasteiger partial charge in [0.05, 0.1) is 19.2 Å². The first-order chi connectivity index (χ1) is 11.7. The van der Waals surface area contributed by atoms with Gasteiger partial charge in [-0.15, -0.1) is 0 Å². The molecule has 0 unspecified atom stereocenters. The van der Waals surface area contributed by atoms with Crippen molar-refractivity contribution in [2.24, 2.45) is 0 Å². The Labute approximate surface area is 137 Å². The maximum Gasteiger partial charge on any atom is 0.311 e. The normalized spacial score (nSPS) is 13.9. The van der Waals surface area contributed by atoms with Crippen LogP contribution in [0.25, 0.3) is 10.9 Å². The summed E-state index contributed by atoms with van der Waals surface area (Å²) in [6, 6.07) is 12.7. The van der Waals surface area contributed by atoms with Crippen LogP contribution in [0.5, 0.6) is 5.75 Å². The number of hydrogen-bond donors (Lipinski definition) is 0. The van der Waals surface area contributed by atoms with Gasteiger partial charge in [0, 0.05) is 17.5 Å². The summed E-state index contributed by atoms with van der Waals surface area (Å²) in [6.07, 6.45) is -0.481. The van der Waals surface area contributed by atoms with E-state index in [1.165, 1.54) is 0 Å². The third-order valence-electron chi connectivity index (χ3n) is 4.11. The SMILES string of the molecule is COc1ccc2c(c1)CC(=O)CN2c1nc([18F])nc2ccccc12. The number of rotatable bonds is 2. The van der Waals surface area contributed by atoms with Gasteiger partial charge >= 0.3 is 6.08 Å². The Morgan fingerprint density at radius 3 is 2.83 bits per heavy atom. The first-order valence-corrected chi connectivity index (χ1v) is 7.54. The first-order valence-electron chi connectivity index (χ1n) is 7.54. The largest absolute Gasteiger partial charge is 0.497 e. The summed E-state index contributed by atoms with van der Waals surface area (Å²) < 4.78 is 19.1. The average molecular weight is 322 g/mol. The van der Waals surface area contributed by atoms with Crippen molar-refractivity contribution in [1.82, 2.24) is 9.97 Å². The lowest BCUT2D eigenvalue weighted by molar-refractivity contribution is -0.117. The number of methoxy groups -OCH3 is 1. The van der Waals surface area contributed by atoms with Gasteiger partial charge in [-0.1, -0.05) is 12.1 Å². The summed E-state index contributed by atoms with van der Waals surface area (Å²) in [5, 5.41) is 0.704. The molecule has 0 amide bonds. The van der Waals surface area contributed by atoms with Crippen LogP contribution in [0.3, 0.4) is 0 Å². The molecule has 0 atom stereocenters. The molecule has 5 nitrogen and oxygen atoms in total. The monoisotopic (exact) mass is 322 g/mol. The second kappa shape index (κ2) is 5.56. The fourth-order valence-electron chi connectivity index (χ4n) is 3.05. The predicted molar refractivity (Wildman–Crippen MR) is 88.2 cm³/mol. The molecule has 0 saturated heterocycles. The molecule has 1 aliphatic rings. The van der Waals surface area contributed by atoms with Gasteiger partial charge in [-0.3, -0.25) is 4.79 Å². The quantitative estimate of drug-likeness (QED) is 0.679. The number of fused-ring (bicyclic) bond motifs is 2. The summed E-state index contributed by atoms with van der Waals surface area (Å²) in [6.45, 7) is 0.153. The van der Waals surface area contributed by atoms with Crippen LogP contribution < -0.4 is 9.64 Å². The Hall–Kier alpha value is -3.02. The molecule has 0 spiro atoms. The number of nitrogens with zero attached hydrogens (tertiary/aromatic N) is 3. The van der Waals surface area contributed by atoms with Gasteiger partial charge < -0.3 is 9.64 Å². The van der Waals surface area contributed by atoms with E-state index in [4.69, 9.17) is 4.74 Å². The zero-order valence-electron chi connectivity index (χ0n) is 13.0. The predicted octanol–water partition coefficient (Wildman–Crippen LogP) is 3.04. The lowest BCUT2D eigenvalue weighted by atomic mass is 10.00. The van der Waals surface area contributed by atoms with Gasteiger partial charge in [-0.05, 0) is 35.9 Å². The van der Waals surface area contributed by atoms with E-state index >= 15 is 0 Å². The molecule has 0 N–H and O–H groups in total. The van der Waals surface area contributed by atoms with Crippen molar-refractivity contribution in [2.45, 2.75) is 6.42 Å². The van der Waals surface area contributed by atoms with Gasteiger partial charge in [-0.2, -0.15) is 9.37 Å². The molecule has 120 valence electrons. The molecule has 24 heavy (non-hydrogen) atoms. The minimum Gasteiger partial charge on any atom is -0.497 e. The third kappa shape index (κ3) is 2.36. The minimum absolute atomic E-state index is 0.0406. The maximum atomic E-state index is 13.9. The van der Waals surface area contributed by atoms with Crippen molar-refractivity contribution in [1.29, 1.82) is 0 Å². The topological polar surface area (TPSA) is 55.3 Å². The van der Waals surface area contributed by atoms with E-state index in [0.29, 0.717) is 28.9 Å². The van der Waals surface area contributed by atoms with Crippen molar-refractivity contribution in [2.75, 3.05) is 18.6 Å². The highest BCUT2D eigenvalue weighted by atomic mass is 18.2. The van der Waals surface area contributed by atoms with E-state index in [0.717, 1.165) is 11.3 Å². The number of carbonyl (C=O) groups excluding carboxylic acids is 1. The molecular weight excluding hydrogens is 308 g/mol. The molecule has 6 heteroatoms. The van der Waals surface area contributed by atoms with E-state index < -0.39 is 6.08 Å². The molecule has 0 aliphatic carbocycles. The Kier molecular flexibility index (Phi) is 3.37. The van der Waals surface area contributed by atoms with Gasteiger partial charge in [0.2, 0.25) is 0 Å². The van der Waals surface area contributed by atoms with Crippen LogP contribution in [-0.2, 0) is 11.2 Å². The summed E-state index contributed by atoms with van der Waals surface area (Å²) in [4.78, 5) is 21.7. The van der Waals surface area contributed by atoms with Crippen molar-refractivity contribution >= 4 is 28.2 Å². The number of carbonyl (C=O) groups is 1. The van der Waals surface area contributed by atoms with Crippen LogP contribution in [0.1, 0.15) is 5.56 Å². The molecule has 1 aliphatic heterocycles. The summed E-state index contributed by atoms with van der Waals surface area (Å²) in [5.74, 6) is 1.12. The Balaban J connectivity index is 1.94. The minimum atomic E-state index is -0.809. The zero-order chi connectivity index (χ0) is 16.7. The number of para-hydroxylation sites is 1. The summed E-state index contributed by atoms with van der Waals surface area (Å²) >= 11 is 0. The Morgan fingerprint density at radius 2 is 2.00 bits per heavy atom. The van der Waals surface area contributed by atoms with Crippen LogP contribution in [0.4, 0.5) is 15.9 Å². The second-order valence-corrected chi connectivity index (χ2v) is 5.63. The number of ether oxygens (including phenoxy) is 1. The van der Waals surface area contributed by atoms with Crippen LogP contribution >= 0.6 is 0 Å². The highest BCUT2D eigenvalue weighted by Crippen LogP contribution is 2.36. The van der Waals surface area contributed by atoms with Gasteiger partial charge in [0.1, 0.15) is 11.6 Å². The Morgan fingerprint density at radius 1 is 1.17 bits per heavy atom. The first kappa shape index (κ1) is 14.6. The number of aromatic nitrogens is 2. The molecule has 4 rings (SSSR count). The number of halogens is 1. The van der Waals surface area contributed by atoms with Crippen molar-refractivity contribution in [3.8, 4) is 5.75 Å². The molecule has 3 aromatic rings. The van der Waals surface area contributed by atoms with Gasteiger partial charge in [0.15, 0.2) is 5.78 Å². The molecule has 0 saturated carbocycles. The van der Waals surface area contributed by atoms with Crippen LogP contribution in [0.15, 0.2) is 42.5 Å². The van der Waals surface area contributed by atoms with E-state index in [9.17, 15) is 9.18 Å². The number of Topliss-reactive ketones (excluding diaryl/α,β-unsaturated/α-hetero) is 1. The highest BCUT2D eigenvalue weighted by molar-refractivity contribution is 5.98. The lowest BCUT2D eigenvalue weighted by Gasteiger charge is -2.30. The van der Waals surface area contributed by atoms with E-state index in [1.54, 1.807) is 24.1 Å². The number of hydrogen-bond acceptors (Lipinski definition) is 5. The Bertz CT molecular complexity index is 958. The number of ketones is 1. The maximum absolute atomic E-state index is 13.9. The fourth-order valence-corrected chi connectivity index (χ4v) is 3.05. The summed E-state index contributed by atoms with van der Waals surface area (Å²) in [5.41, 5.74) is 2.18. The molecule has 0 fully saturated rings. The summed E-state index contributed by atoms with van der Waals surface area (Å²) in [7, 11) is 1.58. The van der Waals surface area contributed by atoms with Crippen molar-refractivity contribution in [3.05, 3.63) is 54.1 Å². The van der Waals surface area contributed by atoms with Gasteiger partial charge in [0.25, 0.3) is 0 Å². The standard InChI is InChI=1S/C18H14FN3O2/c1-24-13-6-7-16-11(9-13)8-12(23)10-22(16)17-14-4-2-3-5-15(14)20-18(19)21-17/h2-7,9H,8,10H2,1H3/i19-1. The van der Waals surface area contributed by atoms with Gasteiger partial charge in [-0.25, -0.2) is 4.98 Å². The molecular formula is C18H14FN3O2. The molecule has 1 aromatic heterocycles. The van der Waals surface area contributed by atoms with Crippen LogP contribution in [0, 0.1) is 6.08 Å². The van der Waals surface area contributed by atoms with Crippen molar-refractivity contribution in [3.63, 3.8) is 0 Å². The van der Waals surface area contributed by atoms with E-state index in [2.05, 4.69) is 9.97 Å². The number of benzene rings is 2. The molecule has 0 bridgehead atoms. The average Bonchev–Trinajstić information content (AvgIpc) is 2.59. The third-order valence-corrected chi connectivity index (χ3v) is 4.11. The lowest BCUT2D eigenvalue weighted by Crippen LogP contribution is -2.33. The molecule has 2 aromatic carbocycles. The highest BCUT2D eigenvalue weighted by Gasteiger charge is 2.26. The van der Waals surface area contributed by atoms with Crippen LogP contribution in [-0.4, -0.2) is 29.4 Å². The van der Waals surface area contributed by atoms with Crippen molar-refractivity contribution < 1.29 is 13.9 Å². The molecule has 2 heterocycles. The smallest absolute Gasteiger partial charge is 0.311 e. The molecule has 0 radical (unpaired) electrons. The van der Waals surface area contributed by atoms with E-state index in [-0.39, 0.29) is 12.3 Å². The zero-order valence-corrected chi connectivity index (χ0v) is 13.0. The number of anilines is 2. The fraction of sp³-hybridized carbons (Fsp3) is 0.167. The van der Waals surface area contributed by atoms with Crippen LogP contribution in [0.2, 0.25) is 0 Å².